The van der Waals surface area contributed by atoms with Gasteiger partial charge in [0.15, 0.2) is 0 Å². The summed E-state index contributed by atoms with van der Waals surface area (Å²) < 4.78 is 6.61. The number of carboxylic acids is 1. The van der Waals surface area contributed by atoms with Gasteiger partial charge in [0.2, 0.25) is 0 Å². The fourth-order valence-corrected chi connectivity index (χ4v) is 3.70. The molecule has 0 aliphatic rings. The molecule has 108 valence electrons. The topological polar surface area (TPSA) is 83.2 Å². The van der Waals surface area contributed by atoms with Crippen molar-refractivity contribution in [1.29, 1.82) is 5.26 Å². The predicted molar refractivity (Wildman–Crippen MR) is 78.8 cm³/mol. The van der Waals surface area contributed by atoms with E-state index in [1.54, 1.807) is 19.1 Å². The van der Waals surface area contributed by atoms with Gasteiger partial charge in [-0.1, -0.05) is 0 Å². The maximum absolute atomic E-state index is 11.1. The molecule has 1 N–H and O–H groups in total. The van der Waals surface area contributed by atoms with Gasteiger partial charge >= 0.3 is 128 Å². The van der Waals surface area contributed by atoms with Crippen molar-refractivity contribution in [1.82, 2.24) is 4.98 Å². The van der Waals surface area contributed by atoms with Gasteiger partial charge in [0.1, 0.15) is 0 Å². The molecule has 0 bridgehead atoms. The van der Waals surface area contributed by atoms with Crippen molar-refractivity contribution in [3.63, 3.8) is 0 Å². The molecule has 0 saturated carbocycles. The second-order valence-electron chi connectivity index (χ2n) is 4.41. The van der Waals surface area contributed by atoms with Crippen LogP contribution in [0.3, 0.4) is 0 Å². The number of aryl methyl sites for hydroxylation is 1. The van der Waals surface area contributed by atoms with Crippen molar-refractivity contribution in [3.05, 3.63) is 33.9 Å². The first kappa shape index (κ1) is 15.3. The zero-order chi connectivity index (χ0) is 15.4. The van der Waals surface area contributed by atoms with E-state index >= 15 is 0 Å². The average Bonchev–Trinajstić information content (AvgIpc) is 2.87. The van der Waals surface area contributed by atoms with Gasteiger partial charge in [0, 0.05) is 0 Å². The van der Waals surface area contributed by atoms with E-state index in [4.69, 9.17) is 9.84 Å². The number of hydrogen-bond acceptors (Lipinski definition) is 4. The second kappa shape index (κ2) is 6.57. The van der Waals surface area contributed by atoms with Crippen LogP contribution in [0, 0.1) is 18.3 Å². The Hall–Kier alpha value is -2.09. The van der Waals surface area contributed by atoms with Crippen molar-refractivity contribution in [2.24, 2.45) is 0 Å². The summed E-state index contributed by atoms with van der Waals surface area (Å²) >= 11 is -0.339. The number of aromatic carboxylic acids is 1. The molecule has 2 rings (SSSR count). The number of rotatable bonds is 5. The van der Waals surface area contributed by atoms with Gasteiger partial charge in [0.25, 0.3) is 0 Å². The minimum absolute atomic E-state index is 0.339. The third-order valence-electron chi connectivity index (χ3n) is 2.80. The average molecular weight is 349 g/mol. The minimum atomic E-state index is -0.922. The summed E-state index contributed by atoms with van der Waals surface area (Å²) in [4.78, 5) is 15.4. The summed E-state index contributed by atoms with van der Waals surface area (Å²) in [5.74, 6) is -0.369. The van der Waals surface area contributed by atoms with E-state index in [1.807, 2.05) is 13.0 Å². The van der Waals surface area contributed by atoms with Crippen molar-refractivity contribution >= 4 is 20.5 Å². The first-order valence-electron chi connectivity index (χ1n) is 6.44. The molecular formula is C15H14N2O3Se. The van der Waals surface area contributed by atoms with Gasteiger partial charge in [-0.05, 0) is 0 Å². The van der Waals surface area contributed by atoms with E-state index in [-0.39, 0.29) is 14.5 Å². The quantitative estimate of drug-likeness (QED) is 0.839. The summed E-state index contributed by atoms with van der Waals surface area (Å²) in [5, 5.41) is 18.3. The third-order valence-corrected chi connectivity index (χ3v) is 5.31. The van der Waals surface area contributed by atoms with E-state index in [1.165, 1.54) is 0 Å². The Morgan fingerprint density at radius 2 is 2.29 bits per heavy atom. The number of benzene rings is 1. The Balaban J connectivity index is 2.39. The Bertz CT molecular complexity index is 716. The summed E-state index contributed by atoms with van der Waals surface area (Å²) in [5.41, 5.74) is 1.77. The summed E-state index contributed by atoms with van der Waals surface area (Å²) in [6.07, 6.45) is 0.869. The first-order valence-corrected chi connectivity index (χ1v) is 8.16. The Kier molecular flexibility index (Phi) is 4.79. The number of carboxylic acid groups (broad SMARTS) is 1. The van der Waals surface area contributed by atoms with E-state index in [9.17, 15) is 10.1 Å². The van der Waals surface area contributed by atoms with Gasteiger partial charge in [-0.2, -0.15) is 0 Å². The molecule has 0 fully saturated rings. The number of carbonyl (C=O) groups is 1. The Morgan fingerprint density at radius 1 is 1.52 bits per heavy atom. The SMILES string of the molecule is CCCOc1ccc(-c2nc(C)c(C(=O)O)[se]2)cc1C#N. The number of hydrogen-bond donors (Lipinski definition) is 1. The first-order chi connectivity index (χ1) is 10.1. The number of aromatic nitrogens is 1. The number of nitrogens with zero attached hydrogens (tertiary/aromatic N) is 2. The van der Waals surface area contributed by atoms with Crippen LogP contribution in [0.5, 0.6) is 5.75 Å². The van der Waals surface area contributed by atoms with E-state index < -0.39 is 5.97 Å². The summed E-state index contributed by atoms with van der Waals surface area (Å²) in [6, 6.07) is 7.39. The van der Waals surface area contributed by atoms with Gasteiger partial charge in [-0.25, -0.2) is 0 Å². The molecule has 1 aromatic carbocycles. The molecule has 6 heteroatoms. The molecule has 1 heterocycles. The van der Waals surface area contributed by atoms with Crippen LogP contribution < -0.4 is 4.74 Å². The van der Waals surface area contributed by atoms with E-state index in [0.29, 0.717) is 28.1 Å². The molecular weight excluding hydrogens is 335 g/mol. The molecule has 0 amide bonds. The molecule has 0 atom stereocenters. The predicted octanol–water partition coefficient (Wildman–Crippen LogP) is 2.47. The molecule has 0 aliphatic heterocycles. The van der Waals surface area contributed by atoms with Crippen molar-refractivity contribution in [2.45, 2.75) is 20.3 Å². The Morgan fingerprint density at radius 3 is 2.86 bits per heavy atom. The van der Waals surface area contributed by atoms with Gasteiger partial charge in [0.05, 0.1) is 0 Å². The van der Waals surface area contributed by atoms with Gasteiger partial charge in [-0.3, -0.25) is 0 Å². The number of nitriles is 1. The molecule has 0 spiro atoms. The zero-order valence-electron chi connectivity index (χ0n) is 11.7. The van der Waals surface area contributed by atoms with Crippen molar-refractivity contribution in [2.75, 3.05) is 6.61 Å². The third kappa shape index (κ3) is 3.33. The molecule has 5 nitrogen and oxygen atoms in total. The van der Waals surface area contributed by atoms with Crippen LogP contribution in [-0.4, -0.2) is 37.2 Å². The Labute approximate surface area is 128 Å². The monoisotopic (exact) mass is 350 g/mol. The van der Waals surface area contributed by atoms with Crippen molar-refractivity contribution in [3.8, 4) is 22.0 Å². The summed E-state index contributed by atoms with van der Waals surface area (Å²) in [6.45, 7) is 4.25. The molecule has 0 saturated heterocycles. The standard InChI is InChI=1S/C15H14N2O3Se/c1-3-6-20-12-5-4-10(7-11(12)8-16)14-17-9(2)13(21-14)15(18)19/h4-5,7H,3,6H2,1-2H3,(H,18,19). The molecule has 0 aliphatic carbocycles. The van der Waals surface area contributed by atoms with Gasteiger partial charge < -0.3 is 0 Å². The van der Waals surface area contributed by atoms with Crippen LogP contribution in [0.15, 0.2) is 18.2 Å². The van der Waals surface area contributed by atoms with Crippen LogP contribution in [0.4, 0.5) is 0 Å². The molecule has 1 aromatic heterocycles. The van der Waals surface area contributed by atoms with E-state index in [2.05, 4.69) is 11.1 Å². The van der Waals surface area contributed by atoms with Gasteiger partial charge in [-0.15, -0.1) is 0 Å². The molecule has 21 heavy (non-hydrogen) atoms. The van der Waals surface area contributed by atoms with Crippen molar-refractivity contribution < 1.29 is 14.6 Å². The van der Waals surface area contributed by atoms with Crippen LogP contribution >= 0.6 is 0 Å². The van der Waals surface area contributed by atoms with Crippen LogP contribution in [0.1, 0.15) is 33.8 Å². The maximum atomic E-state index is 11.1. The molecule has 0 unspecified atom stereocenters. The van der Waals surface area contributed by atoms with E-state index in [0.717, 1.165) is 16.6 Å². The second-order valence-corrected chi connectivity index (χ2v) is 6.51. The normalized spacial score (nSPS) is 10.1. The molecule has 0 radical (unpaired) electrons. The summed E-state index contributed by atoms with van der Waals surface area (Å²) in [7, 11) is 0. The fraction of sp³-hybridized carbons (Fsp3) is 0.267. The number of ether oxygens (including phenoxy) is 1. The van der Waals surface area contributed by atoms with Crippen LogP contribution in [-0.2, 0) is 0 Å². The molecule has 2 aromatic rings. The van der Waals surface area contributed by atoms with Crippen LogP contribution in [0.25, 0.3) is 10.1 Å². The fourth-order valence-electron chi connectivity index (χ4n) is 1.81. The zero-order valence-corrected chi connectivity index (χ0v) is 13.4. The van der Waals surface area contributed by atoms with Crippen LogP contribution in [0.2, 0.25) is 0 Å².